The molecule has 0 spiro atoms. The lowest BCUT2D eigenvalue weighted by atomic mass is 10.1. The number of amides is 1. The van der Waals surface area contributed by atoms with Crippen LogP contribution in [0.4, 0.5) is 0 Å². The molecule has 1 amide bonds. The normalized spacial score (nSPS) is 10.2. The Hall–Kier alpha value is -2.70. The first-order chi connectivity index (χ1) is 9.08. The maximum absolute atomic E-state index is 12.1. The number of nitrogens with zero attached hydrogens (tertiary/aromatic N) is 3. The number of H-pyrrole nitrogens is 1. The van der Waals surface area contributed by atoms with Crippen molar-refractivity contribution < 1.29 is 14.7 Å². The topological polar surface area (TPSA) is 99.2 Å². The molecule has 1 aromatic carbocycles. The van der Waals surface area contributed by atoms with Gasteiger partial charge in [0.2, 0.25) is 0 Å². The average Bonchev–Trinajstić information content (AvgIpc) is 2.90. The molecule has 0 saturated heterocycles. The van der Waals surface area contributed by atoms with Crippen molar-refractivity contribution in [3.05, 3.63) is 47.5 Å². The third-order valence-corrected chi connectivity index (χ3v) is 2.56. The van der Waals surface area contributed by atoms with Gasteiger partial charge in [-0.3, -0.25) is 9.89 Å². The van der Waals surface area contributed by atoms with Crippen LogP contribution in [0.2, 0.25) is 0 Å². The Balaban J connectivity index is 2.14. The van der Waals surface area contributed by atoms with Crippen molar-refractivity contribution in [3.63, 3.8) is 0 Å². The molecule has 0 bridgehead atoms. The van der Waals surface area contributed by atoms with Crippen LogP contribution < -0.4 is 0 Å². The molecule has 0 radical (unpaired) electrons. The van der Waals surface area contributed by atoms with Crippen LogP contribution in [0.3, 0.4) is 0 Å². The SMILES string of the molecule is CN(Cc1ncn[nH]1)C(=O)c1cccc(C(=O)O)c1. The highest BCUT2D eigenvalue weighted by Gasteiger charge is 2.14. The molecule has 7 heteroatoms. The summed E-state index contributed by atoms with van der Waals surface area (Å²) in [5.41, 5.74) is 0.404. The maximum Gasteiger partial charge on any atom is 0.335 e. The molecule has 1 aromatic heterocycles. The summed E-state index contributed by atoms with van der Waals surface area (Å²) in [6.45, 7) is 0.274. The van der Waals surface area contributed by atoms with E-state index in [1.165, 1.54) is 23.4 Å². The molecule has 2 N–H and O–H groups in total. The lowest BCUT2D eigenvalue weighted by Gasteiger charge is -2.15. The standard InChI is InChI=1S/C12H12N4O3/c1-16(6-10-13-7-14-15-10)11(17)8-3-2-4-9(5-8)12(18)19/h2-5,7H,6H2,1H3,(H,18,19)(H,13,14,15). The molecule has 1 heterocycles. The number of carbonyl (C=O) groups excluding carboxylic acids is 1. The summed E-state index contributed by atoms with van der Waals surface area (Å²) >= 11 is 0. The van der Waals surface area contributed by atoms with Gasteiger partial charge in [0.15, 0.2) is 0 Å². The second-order valence-corrected chi connectivity index (χ2v) is 3.98. The molecule has 0 saturated carbocycles. The van der Waals surface area contributed by atoms with E-state index in [4.69, 9.17) is 5.11 Å². The highest BCUT2D eigenvalue weighted by Crippen LogP contribution is 2.09. The predicted octanol–water partition coefficient (Wildman–Crippen LogP) is 0.775. The van der Waals surface area contributed by atoms with E-state index in [-0.39, 0.29) is 18.0 Å². The van der Waals surface area contributed by atoms with Gasteiger partial charge in [0.05, 0.1) is 12.1 Å². The van der Waals surface area contributed by atoms with Crippen LogP contribution in [-0.4, -0.2) is 44.1 Å². The van der Waals surface area contributed by atoms with Crippen LogP contribution in [0, 0.1) is 0 Å². The van der Waals surface area contributed by atoms with E-state index < -0.39 is 5.97 Å². The largest absolute Gasteiger partial charge is 0.478 e. The molecule has 0 aliphatic rings. The fourth-order valence-corrected chi connectivity index (χ4v) is 1.61. The van der Waals surface area contributed by atoms with E-state index in [0.717, 1.165) is 0 Å². The van der Waals surface area contributed by atoms with E-state index in [0.29, 0.717) is 11.4 Å². The number of nitrogens with one attached hydrogen (secondary N) is 1. The number of hydrogen-bond acceptors (Lipinski definition) is 4. The zero-order valence-electron chi connectivity index (χ0n) is 10.2. The van der Waals surface area contributed by atoms with Gasteiger partial charge in [-0.2, -0.15) is 5.10 Å². The van der Waals surface area contributed by atoms with Crippen molar-refractivity contribution in [1.29, 1.82) is 0 Å². The smallest absolute Gasteiger partial charge is 0.335 e. The summed E-state index contributed by atoms with van der Waals surface area (Å²) in [4.78, 5) is 28.3. The number of aromatic amines is 1. The number of aromatic carboxylic acids is 1. The van der Waals surface area contributed by atoms with Gasteiger partial charge in [-0.05, 0) is 18.2 Å². The average molecular weight is 260 g/mol. The van der Waals surface area contributed by atoms with Crippen LogP contribution in [0.15, 0.2) is 30.6 Å². The molecule has 98 valence electrons. The third-order valence-electron chi connectivity index (χ3n) is 2.56. The van der Waals surface area contributed by atoms with Crippen molar-refractivity contribution in [3.8, 4) is 0 Å². The molecule has 19 heavy (non-hydrogen) atoms. The quantitative estimate of drug-likeness (QED) is 0.846. The van der Waals surface area contributed by atoms with Gasteiger partial charge in [-0.1, -0.05) is 6.07 Å². The predicted molar refractivity (Wildman–Crippen MR) is 65.6 cm³/mol. The Bertz CT molecular complexity index is 595. The van der Waals surface area contributed by atoms with E-state index in [2.05, 4.69) is 15.2 Å². The van der Waals surface area contributed by atoms with Gasteiger partial charge in [0, 0.05) is 12.6 Å². The van der Waals surface area contributed by atoms with Crippen molar-refractivity contribution >= 4 is 11.9 Å². The Morgan fingerprint density at radius 3 is 2.74 bits per heavy atom. The first-order valence-electron chi connectivity index (χ1n) is 5.51. The van der Waals surface area contributed by atoms with Crippen molar-refractivity contribution in [1.82, 2.24) is 20.1 Å². The van der Waals surface area contributed by atoms with E-state index in [1.807, 2.05) is 0 Å². The third kappa shape index (κ3) is 2.95. The van der Waals surface area contributed by atoms with Gasteiger partial charge in [0.25, 0.3) is 5.91 Å². The van der Waals surface area contributed by atoms with Crippen molar-refractivity contribution in [2.24, 2.45) is 0 Å². The van der Waals surface area contributed by atoms with Gasteiger partial charge in [-0.25, -0.2) is 9.78 Å². The van der Waals surface area contributed by atoms with E-state index in [1.54, 1.807) is 19.2 Å². The van der Waals surface area contributed by atoms with Gasteiger partial charge >= 0.3 is 5.97 Å². The molecule has 0 atom stereocenters. The summed E-state index contributed by atoms with van der Waals surface area (Å²) in [7, 11) is 1.61. The maximum atomic E-state index is 12.1. The summed E-state index contributed by atoms with van der Waals surface area (Å²) in [5.74, 6) is -0.780. The summed E-state index contributed by atoms with van der Waals surface area (Å²) in [5, 5.41) is 15.2. The summed E-state index contributed by atoms with van der Waals surface area (Å²) < 4.78 is 0. The molecule has 0 aliphatic heterocycles. The lowest BCUT2D eigenvalue weighted by molar-refractivity contribution is 0.0697. The van der Waals surface area contributed by atoms with Gasteiger partial charge in [0.1, 0.15) is 12.2 Å². The minimum Gasteiger partial charge on any atom is -0.478 e. The van der Waals surface area contributed by atoms with Gasteiger partial charge in [-0.15, -0.1) is 0 Å². The van der Waals surface area contributed by atoms with E-state index in [9.17, 15) is 9.59 Å². The fourth-order valence-electron chi connectivity index (χ4n) is 1.61. The molecule has 0 fully saturated rings. The van der Waals surface area contributed by atoms with Crippen LogP contribution in [-0.2, 0) is 6.54 Å². The summed E-state index contributed by atoms with van der Waals surface area (Å²) in [6.07, 6.45) is 1.36. The van der Waals surface area contributed by atoms with Crippen LogP contribution in [0.5, 0.6) is 0 Å². The number of aromatic nitrogens is 3. The number of carboxylic acid groups (broad SMARTS) is 1. The monoisotopic (exact) mass is 260 g/mol. The van der Waals surface area contributed by atoms with Crippen LogP contribution in [0.1, 0.15) is 26.5 Å². The minimum absolute atomic E-state index is 0.0823. The number of carboxylic acids is 1. The Morgan fingerprint density at radius 1 is 1.37 bits per heavy atom. The molecule has 0 aliphatic carbocycles. The molecule has 0 unspecified atom stereocenters. The minimum atomic E-state index is -1.06. The lowest BCUT2D eigenvalue weighted by Crippen LogP contribution is -2.26. The number of rotatable bonds is 4. The second-order valence-electron chi connectivity index (χ2n) is 3.98. The van der Waals surface area contributed by atoms with Crippen LogP contribution >= 0.6 is 0 Å². The molecule has 2 rings (SSSR count). The molecule has 2 aromatic rings. The second kappa shape index (κ2) is 5.30. The number of benzene rings is 1. The zero-order valence-corrected chi connectivity index (χ0v) is 10.2. The fraction of sp³-hybridized carbons (Fsp3) is 0.167. The molecular formula is C12H12N4O3. The Labute approximate surface area is 108 Å². The van der Waals surface area contributed by atoms with Gasteiger partial charge < -0.3 is 10.0 Å². The van der Waals surface area contributed by atoms with Crippen LogP contribution in [0.25, 0.3) is 0 Å². The molecular weight excluding hydrogens is 248 g/mol. The number of hydrogen-bond donors (Lipinski definition) is 2. The highest BCUT2D eigenvalue weighted by atomic mass is 16.4. The highest BCUT2D eigenvalue weighted by molar-refractivity contribution is 5.97. The first-order valence-corrected chi connectivity index (χ1v) is 5.51. The molecule has 7 nitrogen and oxygen atoms in total. The van der Waals surface area contributed by atoms with Crippen molar-refractivity contribution in [2.75, 3.05) is 7.05 Å². The summed E-state index contributed by atoms with van der Waals surface area (Å²) in [6, 6.07) is 5.90. The Kier molecular flexibility index (Phi) is 3.56. The Morgan fingerprint density at radius 2 is 2.11 bits per heavy atom. The first kappa shape index (κ1) is 12.7. The van der Waals surface area contributed by atoms with E-state index >= 15 is 0 Å². The van der Waals surface area contributed by atoms with Crippen molar-refractivity contribution in [2.45, 2.75) is 6.54 Å². The number of carbonyl (C=O) groups is 2. The zero-order chi connectivity index (χ0) is 13.8.